The Labute approximate surface area is 148 Å². The van der Waals surface area contributed by atoms with Crippen LogP contribution in [0.4, 0.5) is 13.2 Å². The second-order valence-electron chi connectivity index (χ2n) is 5.53. The van der Waals surface area contributed by atoms with Gasteiger partial charge in [-0.2, -0.15) is 13.2 Å². The molecule has 138 valence electrons. The molecule has 0 spiro atoms. The average molecular weight is 366 g/mol. The number of amides is 2. The number of ether oxygens (including phenoxy) is 1. The fourth-order valence-electron chi connectivity index (χ4n) is 2.12. The highest BCUT2D eigenvalue weighted by Gasteiger charge is 2.30. The molecule has 26 heavy (non-hydrogen) atoms. The van der Waals surface area contributed by atoms with Crippen LogP contribution in [-0.4, -0.2) is 18.4 Å². The zero-order valence-electron chi connectivity index (χ0n) is 13.9. The maximum absolute atomic E-state index is 12.6. The van der Waals surface area contributed by atoms with Gasteiger partial charge < -0.3 is 4.74 Å². The van der Waals surface area contributed by atoms with E-state index in [2.05, 4.69) is 10.9 Å². The molecule has 0 aliphatic carbocycles. The van der Waals surface area contributed by atoms with Crippen LogP contribution in [0, 0.1) is 6.92 Å². The summed E-state index contributed by atoms with van der Waals surface area (Å²) in [4.78, 5) is 23.4. The Balaban J connectivity index is 1.80. The third-order valence-electron chi connectivity index (χ3n) is 3.41. The van der Waals surface area contributed by atoms with E-state index in [4.69, 9.17) is 4.74 Å². The minimum atomic E-state index is -4.48. The highest BCUT2D eigenvalue weighted by Crippen LogP contribution is 2.29. The molecule has 0 aliphatic rings. The molecule has 2 aromatic rings. The second kappa shape index (κ2) is 8.37. The molecule has 5 nitrogen and oxygen atoms in total. The van der Waals surface area contributed by atoms with E-state index in [0.717, 1.165) is 17.7 Å². The molecule has 2 rings (SSSR count). The van der Waals surface area contributed by atoms with Crippen molar-refractivity contribution in [2.45, 2.75) is 19.5 Å². The molecule has 0 saturated carbocycles. The highest BCUT2D eigenvalue weighted by atomic mass is 19.4. The molecule has 8 heteroatoms. The summed E-state index contributed by atoms with van der Waals surface area (Å²) in [6.07, 6.45) is -4.78. The third-order valence-corrected chi connectivity index (χ3v) is 3.41. The van der Waals surface area contributed by atoms with Crippen molar-refractivity contribution in [1.82, 2.24) is 10.9 Å². The van der Waals surface area contributed by atoms with E-state index in [1.807, 2.05) is 19.1 Å². The number of rotatable bonds is 5. The molecule has 0 radical (unpaired) electrons. The van der Waals surface area contributed by atoms with E-state index in [0.29, 0.717) is 5.75 Å². The van der Waals surface area contributed by atoms with Crippen LogP contribution in [0.3, 0.4) is 0 Å². The summed E-state index contributed by atoms with van der Waals surface area (Å²) in [5, 5.41) is 0. The van der Waals surface area contributed by atoms with Crippen molar-refractivity contribution in [3.05, 3.63) is 65.2 Å². The van der Waals surface area contributed by atoms with E-state index in [9.17, 15) is 22.8 Å². The first-order valence-electron chi connectivity index (χ1n) is 7.68. The van der Waals surface area contributed by atoms with Gasteiger partial charge in [-0.15, -0.1) is 0 Å². The Morgan fingerprint density at radius 1 is 1.00 bits per heavy atom. The minimum Gasteiger partial charge on any atom is -0.483 e. The zero-order chi connectivity index (χ0) is 19.2. The van der Waals surface area contributed by atoms with Gasteiger partial charge in [-0.3, -0.25) is 20.4 Å². The Bertz CT molecular complexity index is 791. The first kappa shape index (κ1) is 19.3. The summed E-state index contributed by atoms with van der Waals surface area (Å²) >= 11 is 0. The molecule has 0 aliphatic heterocycles. The van der Waals surface area contributed by atoms with Gasteiger partial charge in [0.2, 0.25) is 5.91 Å². The molecule has 0 bridgehead atoms. The number of alkyl halides is 3. The van der Waals surface area contributed by atoms with Crippen molar-refractivity contribution in [2.24, 2.45) is 0 Å². The topological polar surface area (TPSA) is 67.4 Å². The molecule has 0 atom stereocenters. The minimum absolute atomic E-state index is 0.183. The summed E-state index contributed by atoms with van der Waals surface area (Å²) in [6.45, 7) is 1.51. The van der Waals surface area contributed by atoms with Crippen LogP contribution in [0.15, 0.2) is 48.5 Å². The number of benzene rings is 2. The predicted octanol–water partition coefficient (Wildman–Crippen LogP) is 2.78. The van der Waals surface area contributed by atoms with Crippen LogP contribution in [0.5, 0.6) is 5.75 Å². The lowest BCUT2D eigenvalue weighted by Gasteiger charge is -2.11. The summed E-state index contributed by atoms with van der Waals surface area (Å²) in [5.74, 6) is -0.697. The predicted molar refractivity (Wildman–Crippen MR) is 88.1 cm³/mol. The molecule has 2 amide bonds. The molecule has 0 aromatic heterocycles. The fraction of sp³-hybridized carbons (Fsp3) is 0.222. The summed E-state index contributed by atoms with van der Waals surface area (Å²) in [5.41, 5.74) is 4.50. The Kier molecular flexibility index (Phi) is 6.21. The molecule has 0 fully saturated rings. The molecular formula is C18H17F3N2O3. The van der Waals surface area contributed by atoms with Gasteiger partial charge in [0.05, 0.1) is 12.0 Å². The summed E-state index contributed by atoms with van der Waals surface area (Å²) < 4.78 is 43.2. The molecular weight excluding hydrogens is 349 g/mol. The van der Waals surface area contributed by atoms with Gasteiger partial charge in [0.25, 0.3) is 5.91 Å². The van der Waals surface area contributed by atoms with E-state index >= 15 is 0 Å². The van der Waals surface area contributed by atoms with Crippen LogP contribution < -0.4 is 15.6 Å². The number of hydrogen-bond donors (Lipinski definition) is 2. The fourth-order valence-corrected chi connectivity index (χ4v) is 2.12. The van der Waals surface area contributed by atoms with Gasteiger partial charge in [-0.25, -0.2) is 0 Å². The van der Waals surface area contributed by atoms with Crippen LogP contribution in [-0.2, 0) is 22.2 Å². The number of carbonyl (C=O) groups excluding carboxylic acids is 2. The van der Waals surface area contributed by atoms with E-state index in [1.54, 1.807) is 12.1 Å². The monoisotopic (exact) mass is 366 g/mol. The number of hydrogen-bond acceptors (Lipinski definition) is 3. The number of hydrazine groups is 1. The van der Waals surface area contributed by atoms with Crippen LogP contribution in [0.2, 0.25) is 0 Å². The van der Waals surface area contributed by atoms with Crippen molar-refractivity contribution < 1.29 is 27.5 Å². The van der Waals surface area contributed by atoms with Gasteiger partial charge in [0.1, 0.15) is 5.75 Å². The molecule has 0 saturated heterocycles. The Morgan fingerprint density at radius 3 is 2.38 bits per heavy atom. The lowest BCUT2D eigenvalue weighted by atomic mass is 10.1. The van der Waals surface area contributed by atoms with Crippen molar-refractivity contribution in [3.8, 4) is 5.75 Å². The van der Waals surface area contributed by atoms with E-state index in [1.165, 1.54) is 12.1 Å². The molecule has 2 N–H and O–H groups in total. The largest absolute Gasteiger partial charge is 0.483 e. The highest BCUT2D eigenvalue weighted by molar-refractivity contribution is 5.83. The molecule has 2 aromatic carbocycles. The zero-order valence-corrected chi connectivity index (χ0v) is 13.9. The van der Waals surface area contributed by atoms with Gasteiger partial charge in [0, 0.05) is 0 Å². The van der Waals surface area contributed by atoms with Gasteiger partial charge >= 0.3 is 6.18 Å². The quantitative estimate of drug-likeness (QED) is 0.800. The van der Waals surface area contributed by atoms with Crippen LogP contribution in [0.1, 0.15) is 16.7 Å². The average Bonchev–Trinajstić information content (AvgIpc) is 2.59. The first-order chi connectivity index (χ1) is 12.3. The smallest absolute Gasteiger partial charge is 0.416 e. The lowest BCUT2D eigenvalue weighted by Crippen LogP contribution is -2.44. The second-order valence-corrected chi connectivity index (χ2v) is 5.53. The van der Waals surface area contributed by atoms with Gasteiger partial charge in [-0.1, -0.05) is 36.4 Å². The Hall–Kier alpha value is -3.03. The van der Waals surface area contributed by atoms with Crippen molar-refractivity contribution in [3.63, 3.8) is 0 Å². The van der Waals surface area contributed by atoms with E-state index in [-0.39, 0.29) is 18.6 Å². The van der Waals surface area contributed by atoms with Crippen molar-refractivity contribution >= 4 is 11.8 Å². The number of halogens is 3. The normalized spacial score (nSPS) is 10.9. The van der Waals surface area contributed by atoms with Crippen molar-refractivity contribution in [2.75, 3.05) is 6.61 Å². The first-order valence-corrected chi connectivity index (χ1v) is 7.68. The molecule has 0 heterocycles. The number of para-hydroxylation sites is 1. The van der Waals surface area contributed by atoms with Gasteiger partial charge in [-0.05, 0) is 30.2 Å². The number of nitrogens with one attached hydrogen (secondary N) is 2. The lowest BCUT2D eigenvalue weighted by molar-refractivity contribution is -0.137. The number of carbonyl (C=O) groups is 2. The van der Waals surface area contributed by atoms with Crippen LogP contribution in [0.25, 0.3) is 0 Å². The van der Waals surface area contributed by atoms with Crippen LogP contribution >= 0.6 is 0 Å². The van der Waals surface area contributed by atoms with E-state index < -0.39 is 23.6 Å². The van der Waals surface area contributed by atoms with Gasteiger partial charge in [0.15, 0.2) is 6.61 Å². The summed E-state index contributed by atoms with van der Waals surface area (Å²) in [7, 11) is 0. The summed E-state index contributed by atoms with van der Waals surface area (Å²) in [6, 6.07) is 11.6. The SMILES string of the molecule is Cc1ccccc1OCC(=O)NNC(=O)Cc1cccc(C(F)(F)F)c1. The Morgan fingerprint density at radius 2 is 1.69 bits per heavy atom. The maximum atomic E-state index is 12.6. The standard InChI is InChI=1S/C18H17F3N2O3/c1-12-5-2-3-8-15(12)26-11-17(25)23-22-16(24)10-13-6-4-7-14(9-13)18(19,20)21/h2-9H,10-11H2,1H3,(H,22,24)(H,23,25). The third kappa shape index (κ3) is 5.80. The molecule has 0 unspecified atom stereocenters. The maximum Gasteiger partial charge on any atom is 0.416 e. The van der Waals surface area contributed by atoms with Crippen molar-refractivity contribution in [1.29, 1.82) is 0 Å². The number of aryl methyl sites for hydroxylation is 1.